The van der Waals surface area contributed by atoms with E-state index in [0.29, 0.717) is 19.0 Å². The molecule has 0 aliphatic heterocycles. The van der Waals surface area contributed by atoms with Gasteiger partial charge in [0.05, 0.1) is 0 Å². The first kappa shape index (κ1) is 24.1. The molecule has 0 atom stereocenters. The molecule has 2 N–H and O–H groups in total. The summed E-state index contributed by atoms with van der Waals surface area (Å²) in [7, 11) is 3.44. The average molecular weight is 524 g/mol. The number of aliphatic imine (C=N–C) groups is 1. The van der Waals surface area contributed by atoms with Crippen molar-refractivity contribution in [1.82, 2.24) is 15.5 Å². The number of halogens is 2. The zero-order valence-electron chi connectivity index (χ0n) is 17.5. The number of nitrogens with zero attached hydrogens (tertiary/aromatic N) is 2. The maximum Gasteiger partial charge on any atom is 0.243 e. The molecule has 1 aliphatic rings. The molecule has 0 heterocycles. The number of carbonyl (C=O) groups is 1. The van der Waals surface area contributed by atoms with Crippen molar-refractivity contribution in [3.8, 4) is 0 Å². The lowest BCUT2D eigenvalue weighted by atomic mass is 9.96. The molecule has 0 bridgehead atoms. The van der Waals surface area contributed by atoms with E-state index >= 15 is 0 Å². The molecule has 3 rings (SSSR count). The molecule has 162 valence electrons. The maximum atomic E-state index is 13.6. The number of rotatable bonds is 8. The normalized spacial score (nSPS) is 14.4. The standard InChI is InChI=1S/C23H29FN4O.HI/c1-28(2)21(29)16-26-22(25-14-11-18-7-4-3-5-8-18)27-17-23(12-13-23)19-9-6-10-20(24)15-19;/h3-10,15H,11-14,16-17H2,1-2H3,(H2,25,26,27);1H. The molecule has 0 unspecified atom stereocenters. The van der Waals surface area contributed by atoms with Gasteiger partial charge in [-0.15, -0.1) is 24.0 Å². The van der Waals surface area contributed by atoms with Crippen LogP contribution in [0.1, 0.15) is 24.0 Å². The third-order valence-corrected chi connectivity index (χ3v) is 5.30. The van der Waals surface area contributed by atoms with Gasteiger partial charge in [-0.1, -0.05) is 42.5 Å². The van der Waals surface area contributed by atoms with Crippen molar-refractivity contribution in [2.45, 2.75) is 24.7 Å². The number of hydrogen-bond donors (Lipinski definition) is 2. The topological polar surface area (TPSA) is 56.7 Å². The Balaban J connectivity index is 0.00000320. The molecule has 5 nitrogen and oxygen atoms in total. The predicted octanol–water partition coefficient (Wildman–Crippen LogP) is 3.34. The molecule has 1 amide bonds. The summed E-state index contributed by atoms with van der Waals surface area (Å²) in [6.45, 7) is 1.45. The highest BCUT2D eigenvalue weighted by Crippen LogP contribution is 2.47. The third-order valence-electron chi connectivity index (χ3n) is 5.30. The monoisotopic (exact) mass is 524 g/mol. The van der Waals surface area contributed by atoms with Gasteiger partial charge in [-0.05, 0) is 42.5 Å². The Bertz CT molecular complexity index is 853. The van der Waals surface area contributed by atoms with Gasteiger partial charge < -0.3 is 15.5 Å². The van der Waals surface area contributed by atoms with E-state index in [-0.39, 0.29) is 47.7 Å². The first-order valence-electron chi connectivity index (χ1n) is 10.0. The highest BCUT2D eigenvalue weighted by atomic mass is 127. The van der Waals surface area contributed by atoms with E-state index in [2.05, 4.69) is 27.8 Å². The lowest BCUT2D eigenvalue weighted by Gasteiger charge is -2.20. The molecule has 0 saturated heterocycles. The lowest BCUT2D eigenvalue weighted by Crippen LogP contribution is -2.42. The fourth-order valence-corrected chi connectivity index (χ4v) is 3.22. The van der Waals surface area contributed by atoms with Crippen molar-refractivity contribution in [2.75, 3.05) is 33.7 Å². The van der Waals surface area contributed by atoms with Gasteiger partial charge in [0.1, 0.15) is 12.4 Å². The third kappa shape index (κ3) is 6.97. The largest absolute Gasteiger partial charge is 0.356 e. The van der Waals surface area contributed by atoms with Crippen LogP contribution in [0.4, 0.5) is 4.39 Å². The molecular weight excluding hydrogens is 494 g/mol. The minimum atomic E-state index is -0.208. The van der Waals surface area contributed by atoms with Gasteiger partial charge in [-0.2, -0.15) is 0 Å². The van der Waals surface area contributed by atoms with Gasteiger partial charge in [0, 0.05) is 32.6 Å². The van der Waals surface area contributed by atoms with Crippen LogP contribution < -0.4 is 10.6 Å². The molecule has 0 radical (unpaired) electrons. The Morgan fingerprint density at radius 3 is 2.47 bits per heavy atom. The molecule has 0 aromatic heterocycles. The molecular formula is C23H30FIN4O. The van der Waals surface area contributed by atoms with Gasteiger partial charge >= 0.3 is 0 Å². The minimum absolute atomic E-state index is 0. The number of likely N-dealkylation sites (N-methyl/N-ethyl adjacent to an activating group) is 1. The SMILES string of the molecule is CN(C)C(=O)CN=C(NCCc1ccccc1)NCC1(c2cccc(F)c2)CC1.I. The van der Waals surface area contributed by atoms with Crippen LogP contribution in [-0.4, -0.2) is 50.5 Å². The van der Waals surface area contributed by atoms with E-state index in [1.807, 2.05) is 24.3 Å². The number of carbonyl (C=O) groups excluding carboxylic acids is 1. The van der Waals surface area contributed by atoms with Crippen molar-refractivity contribution < 1.29 is 9.18 Å². The molecule has 7 heteroatoms. The lowest BCUT2D eigenvalue weighted by molar-refractivity contribution is -0.127. The number of guanidine groups is 1. The fourth-order valence-electron chi connectivity index (χ4n) is 3.22. The van der Waals surface area contributed by atoms with E-state index in [1.54, 1.807) is 26.2 Å². The molecule has 0 spiro atoms. The first-order chi connectivity index (χ1) is 14.0. The van der Waals surface area contributed by atoms with Crippen molar-refractivity contribution in [2.24, 2.45) is 4.99 Å². The van der Waals surface area contributed by atoms with E-state index in [4.69, 9.17) is 0 Å². The Labute approximate surface area is 195 Å². The summed E-state index contributed by atoms with van der Waals surface area (Å²) in [4.78, 5) is 17.9. The van der Waals surface area contributed by atoms with Crippen LogP contribution in [0.15, 0.2) is 59.6 Å². The summed E-state index contributed by atoms with van der Waals surface area (Å²) in [6, 6.07) is 17.0. The van der Waals surface area contributed by atoms with Gasteiger partial charge in [-0.3, -0.25) is 4.79 Å². The second-order valence-corrected chi connectivity index (χ2v) is 7.76. The van der Waals surface area contributed by atoms with Gasteiger partial charge in [-0.25, -0.2) is 9.38 Å². The van der Waals surface area contributed by atoms with Crippen molar-refractivity contribution in [3.63, 3.8) is 0 Å². The second-order valence-electron chi connectivity index (χ2n) is 7.76. The highest BCUT2D eigenvalue weighted by molar-refractivity contribution is 14.0. The van der Waals surface area contributed by atoms with Crippen LogP contribution in [0.3, 0.4) is 0 Å². The summed E-state index contributed by atoms with van der Waals surface area (Å²) < 4.78 is 13.6. The molecule has 1 fully saturated rings. The predicted molar refractivity (Wildman–Crippen MR) is 130 cm³/mol. The molecule has 2 aromatic rings. The van der Waals surface area contributed by atoms with Crippen LogP contribution in [0, 0.1) is 5.82 Å². The first-order valence-corrected chi connectivity index (χ1v) is 10.0. The van der Waals surface area contributed by atoms with Crippen molar-refractivity contribution in [3.05, 3.63) is 71.5 Å². The van der Waals surface area contributed by atoms with Crippen LogP contribution in [0.5, 0.6) is 0 Å². The highest BCUT2D eigenvalue weighted by Gasteiger charge is 2.44. The molecule has 1 saturated carbocycles. The number of amides is 1. The summed E-state index contributed by atoms with van der Waals surface area (Å²) in [6.07, 6.45) is 2.88. The summed E-state index contributed by atoms with van der Waals surface area (Å²) >= 11 is 0. The molecule has 30 heavy (non-hydrogen) atoms. The van der Waals surface area contributed by atoms with Crippen molar-refractivity contribution >= 4 is 35.8 Å². The smallest absolute Gasteiger partial charge is 0.243 e. The van der Waals surface area contributed by atoms with Crippen LogP contribution in [0.2, 0.25) is 0 Å². The second kappa shape index (κ2) is 11.3. The van der Waals surface area contributed by atoms with E-state index in [0.717, 1.165) is 24.8 Å². The van der Waals surface area contributed by atoms with E-state index in [9.17, 15) is 9.18 Å². The van der Waals surface area contributed by atoms with Crippen LogP contribution in [-0.2, 0) is 16.6 Å². The van der Waals surface area contributed by atoms with E-state index < -0.39 is 0 Å². The van der Waals surface area contributed by atoms with Crippen molar-refractivity contribution in [1.29, 1.82) is 0 Å². The zero-order valence-corrected chi connectivity index (χ0v) is 19.9. The van der Waals surface area contributed by atoms with Crippen LogP contribution in [0.25, 0.3) is 0 Å². The fraction of sp³-hybridized carbons (Fsp3) is 0.391. The van der Waals surface area contributed by atoms with Gasteiger partial charge in [0.15, 0.2) is 5.96 Å². The summed E-state index contributed by atoms with van der Waals surface area (Å²) in [5.74, 6) is 0.347. The maximum absolute atomic E-state index is 13.6. The quantitative estimate of drug-likeness (QED) is 0.317. The Kier molecular flexibility index (Phi) is 9.08. The summed E-state index contributed by atoms with van der Waals surface area (Å²) in [5, 5.41) is 6.69. The number of benzene rings is 2. The molecule has 2 aromatic carbocycles. The Morgan fingerprint density at radius 1 is 1.10 bits per heavy atom. The van der Waals surface area contributed by atoms with Crippen LogP contribution >= 0.6 is 24.0 Å². The summed E-state index contributed by atoms with van der Waals surface area (Å²) in [5.41, 5.74) is 2.19. The average Bonchev–Trinajstić information content (AvgIpc) is 3.51. The number of hydrogen-bond acceptors (Lipinski definition) is 2. The van der Waals surface area contributed by atoms with Gasteiger partial charge in [0.2, 0.25) is 5.91 Å². The van der Waals surface area contributed by atoms with Gasteiger partial charge in [0.25, 0.3) is 0 Å². The molecule has 1 aliphatic carbocycles. The zero-order chi connectivity index (χ0) is 20.7. The Hall–Kier alpha value is -2.16. The van der Waals surface area contributed by atoms with E-state index in [1.165, 1.54) is 16.5 Å². The minimum Gasteiger partial charge on any atom is -0.356 e. The number of nitrogens with one attached hydrogen (secondary N) is 2. The Morgan fingerprint density at radius 2 is 1.83 bits per heavy atom.